The van der Waals surface area contributed by atoms with Gasteiger partial charge in [0.2, 0.25) is 0 Å². The molecule has 1 aliphatic heterocycles. The van der Waals surface area contributed by atoms with Crippen molar-refractivity contribution in [1.29, 1.82) is 0 Å². The summed E-state index contributed by atoms with van der Waals surface area (Å²) in [6.07, 6.45) is 0. The van der Waals surface area contributed by atoms with Crippen molar-refractivity contribution in [3.63, 3.8) is 0 Å². The van der Waals surface area contributed by atoms with Crippen molar-refractivity contribution in [2.75, 3.05) is 9.80 Å². The Hall–Kier alpha value is -4.06. The number of carbonyl (C=O) groups excluding carboxylic acids is 2. The van der Waals surface area contributed by atoms with E-state index in [0.717, 1.165) is 16.0 Å². The van der Waals surface area contributed by atoms with Crippen LogP contribution in [0.2, 0.25) is 0 Å². The lowest BCUT2D eigenvalue weighted by molar-refractivity contribution is 0.235. The number of rotatable bonds is 4. The van der Waals surface area contributed by atoms with Crippen LogP contribution in [-0.2, 0) is 0 Å². The van der Waals surface area contributed by atoms with Crippen LogP contribution in [0.4, 0.5) is 21.0 Å². The minimum atomic E-state index is -0.551. The first-order valence-corrected chi connectivity index (χ1v) is 9.48. The number of nitrogens with zero attached hydrogens (tertiary/aromatic N) is 2. The second kappa shape index (κ2) is 7.75. The average Bonchev–Trinajstić information content (AvgIpc) is 2.70. The van der Waals surface area contributed by atoms with Crippen LogP contribution >= 0.6 is 0 Å². The largest absolute Gasteiger partial charge is 0.457 e. The van der Waals surface area contributed by atoms with Crippen LogP contribution in [0.3, 0.4) is 0 Å². The van der Waals surface area contributed by atoms with Gasteiger partial charge in [0.15, 0.2) is 0 Å². The summed E-state index contributed by atoms with van der Waals surface area (Å²) < 4.78 is 5.90. The van der Waals surface area contributed by atoms with Gasteiger partial charge in [0.05, 0.1) is 11.4 Å². The molecule has 1 saturated heterocycles. The quantitative estimate of drug-likeness (QED) is 0.610. The van der Waals surface area contributed by atoms with E-state index in [1.165, 1.54) is 4.90 Å². The Labute approximate surface area is 175 Å². The third-order valence-corrected chi connectivity index (χ3v) is 4.75. The van der Waals surface area contributed by atoms with Gasteiger partial charge in [0.1, 0.15) is 17.3 Å². The maximum Gasteiger partial charge on any atom is 0.343 e. The molecule has 1 N–H and O–H groups in total. The molecule has 0 unspecified atom stereocenters. The molecule has 150 valence electrons. The molecule has 6 heteroatoms. The topological polar surface area (TPSA) is 61.9 Å². The van der Waals surface area contributed by atoms with Gasteiger partial charge in [-0.25, -0.2) is 19.4 Å². The molecule has 0 bridgehead atoms. The SMILES string of the molecule is C=C1NC(=O)N(c2ccc(Oc3ccccc3)c(C)c2)C(=O)N1c1cccc(C)c1. The molecule has 30 heavy (non-hydrogen) atoms. The van der Waals surface area contributed by atoms with Crippen molar-refractivity contribution in [3.05, 3.63) is 96.3 Å². The smallest absolute Gasteiger partial charge is 0.343 e. The molecule has 1 fully saturated rings. The van der Waals surface area contributed by atoms with E-state index in [0.29, 0.717) is 22.9 Å². The van der Waals surface area contributed by atoms with Crippen molar-refractivity contribution in [2.45, 2.75) is 13.8 Å². The summed E-state index contributed by atoms with van der Waals surface area (Å²) >= 11 is 0. The minimum absolute atomic E-state index is 0.215. The number of urea groups is 2. The number of benzene rings is 3. The number of carbonyl (C=O) groups is 2. The van der Waals surface area contributed by atoms with Gasteiger partial charge >= 0.3 is 12.1 Å². The number of hydrogen-bond donors (Lipinski definition) is 1. The monoisotopic (exact) mass is 399 g/mol. The van der Waals surface area contributed by atoms with Crippen LogP contribution in [-0.4, -0.2) is 12.1 Å². The Bertz CT molecular complexity index is 1140. The van der Waals surface area contributed by atoms with E-state index < -0.39 is 12.1 Å². The van der Waals surface area contributed by atoms with Gasteiger partial charge in [-0.05, 0) is 67.4 Å². The lowest BCUT2D eigenvalue weighted by atomic mass is 10.1. The van der Waals surface area contributed by atoms with Gasteiger partial charge < -0.3 is 4.74 Å². The Morgan fingerprint density at radius 1 is 0.833 bits per heavy atom. The number of para-hydroxylation sites is 1. The average molecular weight is 399 g/mol. The molecule has 0 aromatic heterocycles. The number of hydrogen-bond acceptors (Lipinski definition) is 3. The third-order valence-electron chi connectivity index (χ3n) is 4.75. The molecule has 3 aromatic rings. The Balaban J connectivity index is 1.65. The molecule has 4 rings (SSSR count). The Kier molecular flexibility index (Phi) is 4.98. The van der Waals surface area contributed by atoms with Gasteiger partial charge in [-0.1, -0.05) is 36.9 Å². The third kappa shape index (κ3) is 3.63. The van der Waals surface area contributed by atoms with E-state index in [9.17, 15) is 9.59 Å². The van der Waals surface area contributed by atoms with E-state index in [1.54, 1.807) is 24.3 Å². The van der Waals surface area contributed by atoms with Gasteiger partial charge in [-0.2, -0.15) is 0 Å². The van der Waals surface area contributed by atoms with E-state index in [4.69, 9.17) is 4.74 Å². The fraction of sp³-hybridized carbons (Fsp3) is 0.0833. The van der Waals surface area contributed by atoms with Crippen molar-refractivity contribution in [3.8, 4) is 11.5 Å². The fourth-order valence-corrected chi connectivity index (χ4v) is 3.30. The summed E-state index contributed by atoms with van der Waals surface area (Å²) in [5.41, 5.74) is 2.87. The van der Waals surface area contributed by atoms with E-state index in [1.807, 2.05) is 62.4 Å². The van der Waals surface area contributed by atoms with E-state index in [2.05, 4.69) is 11.9 Å². The molecule has 3 aromatic carbocycles. The zero-order chi connectivity index (χ0) is 21.3. The normalized spacial score (nSPS) is 14.0. The van der Waals surface area contributed by atoms with Crippen molar-refractivity contribution >= 4 is 23.4 Å². The summed E-state index contributed by atoms with van der Waals surface area (Å²) in [6, 6.07) is 21.0. The van der Waals surface area contributed by atoms with Gasteiger partial charge in [-0.3, -0.25) is 5.32 Å². The predicted molar refractivity (Wildman–Crippen MR) is 117 cm³/mol. The van der Waals surface area contributed by atoms with Crippen LogP contribution in [0.5, 0.6) is 11.5 Å². The highest BCUT2D eigenvalue weighted by molar-refractivity contribution is 6.22. The molecule has 0 radical (unpaired) electrons. The predicted octanol–water partition coefficient (Wildman–Crippen LogP) is 5.72. The van der Waals surface area contributed by atoms with Crippen LogP contribution in [0.25, 0.3) is 0 Å². The highest BCUT2D eigenvalue weighted by Crippen LogP contribution is 2.31. The molecule has 0 saturated carbocycles. The lowest BCUT2D eigenvalue weighted by Crippen LogP contribution is -2.58. The molecule has 4 amide bonds. The zero-order valence-electron chi connectivity index (χ0n) is 16.8. The molecule has 1 heterocycles. The standard InChI is InChI=1S/C24H21N3O3/c1-16-8-7-9-19(14-16)26-18(3)25-23(28)27(24(26)29)20-12-13-22(17(2)15-20)30-21-10-5-4-6-11-21/h4-15H,3H2,1-2H3,(H,25,28). The molecule has 0 spiro atoms. The molecule has 0 atom stereocenters. The summed E-state index contributed by atoms with van der Waals surface area (Å²) in [6.45, 7) is 7.64. The summed E-state index contributed by atoms with van der Waals surface area (Å²) in [5, 5.41) is 2.67. The van der Waals surface area contributed by atoms with Crippen molar-refractivity contribution in [2.24, 2.45) is 0 Å². The zero-order valence-corrected chi connectivity index (χ0v) is 16.8. The number of aryl methyl sites for hydroxylation is 2. The number of amides is 4. The van der Waals surface area contributed by atoms with Crippen LogP contribution in [0, 0.1) is 13.8 Å². The minimum Gasteiger partial charge on any atom is -0.457 e. The van der Waals surface area contributed by atoms with E-state index in [-0.39, 0.29) is 5.82 Å². The first-order chi connectivity index (χ1) is 14.4. The molecule has 1 aliphatic rings. The molecule has 0 aliphatic carbocycles. The number of anilines is 2. The van der Waals surface area contributed by atoms with Gasteiger partial charge in [0.25, 0.3) is 0 Å². The summed E-state index contributed by atoms with van der Waals surface area (Å²) in [5.74, 6) is 1.57. The van der Waals surface area contributed by atoms with Gasteiger partial charge in [-0.15, -0.1) is 0 Å². The maximum absolute atomic E-state index is 13.2. The maximum atomic E-state index is 13.2. The molecule has 6 nitrogen and oxygen atoms in total. The number of ether oxygens (including phenoxy) is 1. The van der Waals surface area contributed by atoms with Crippen LogP contribution < -0.4 is 19.9 Å². The van der Waals surface area contributed by atoms with Crippen molar-refractivity contribution in [1.82, 2.24) is 5.32 Å². The molecular formula is C24H21N3O3. The fourth-order valence-electron chi connectivity index (χ4n) is 3.30. The first kappa shape index (κ1) is 19.3. The second-order valence-electron chi connectivity index (χ2n) is 7.03. The summed E-state index contributed by atoms with van der Waals surface area (Å²) in [7, 11) is 0. The second-order valence-corrected chi connectivity index (χ2v) is 7.03. The number of imide groups is 1. The molecular weight excluding hydrogens is 378 g/mol. The lowest BCUT2D eigenvalue weighted by Gasteiger charge is -2.36. The Morgan fingerprint density at radius 3 is 2.27 bits per heavy atom. The first-order valence-electron chi connectivity index (χ1n) is 9.48. The van der Waals surface area contributed by atoms with Crippen molar-refractivity contribution < 1.29 is 14.3 Å². The number of nitrogens with one attached hydrogen (secondary N) is 1. The van der Waals surface area contributed by atoms with Gasteiger partial charge in [0, 0.05) is 0 Å². The highest BCUT2D eigenvalue weighted by Gasteiger charge is 2.36. The Morgan fingerprint density at radius 2 is 1.57 bits per heavy atom. The van der Waals surface area contributed by atoms with Crippen LogP contribution in [0.1, 0.15) is 11.1 Å². The summed E-state index contributed by atoms with van der Waals surface area (Å²) in [4.78, 5) is 28.3. The highest BCUT2D eigenvalue weighted by atomic mass is 16.5. The van der Waals surface area contributed by atoms with Crippen LogP contribution in [0.15, 0.2) is 85.2 Å². The van der Waals surface area contributed by atoms with E-state index >= 15 is 0 Å².